The molecule has 0 bridgehead atoms. The molecular formula is C38H72O6. The van der Waals surface area contributed by atoms with E-state index in [9.17, 15) is 14.4 Å². The maximum Gasteiger partial charge on any atom is 0.306 e. The van der Waals surface area contributed by atoms with Crippen LogP contribution in [0, 0.1) is 0 Å². The first kappa shape index (κ1) is 42.4. The van der Waals surface area contributed by atoms with Crippen LogP contribution in [-0.4, -0.2) is 37.2 Å². The van der Waals surface area contributed by atoms with Crippen molar-refractivity contribution in [2.75, 3.05) is 13.2 Å². The van der Waals surface area contributed by atoms with E-state index in [0.717, 1.165) is 64.2 Å². The van der Waals surface area contributed by atoms with Crippen molar-refractivity contribution in [1.29, 1.82) is 0 Å². The summed E-state index contributed by atoms with van der Waals surface area (Å²) in [7, 11) is 0. The molecule has 0 rings (SSSR count). The number of hydrogen-bond acceptors (Lipinski definition) is 6. The summed E-state index contributed by atoms with van der Waals surface area (Å²) in [6.45, 7) is 6.52. The quantitative estimate of drug-likeness (QED) is 0.0402. The molecule has 0 radical (unpaired) electrons. The van der Waals surface area contributed by atoms with Gasteiger partial charge >= 0.3 is 17.9 Å². The Bertz CT molecular complexity index is 649. The summed E-state index contributed by atoms with van der Waals surface area (Å²) in [4.78, 5) is 37.1. The number of carbonyl (C=O) groups excluding carboxylic acids is 3. The zero-order valence-electron chi connectivity index (χ0n) is 29.4. The molecule has 44 heavy (non-hydrogen) atoms. The molecule has 0 N–H and O–H groups in total. The van der Waals surface area contributed by atoms with E-state index in [2.05, 4.69) is 20.8 Å². The van der Waals surface area contributed by atoms with Gasteiger partial charge < -0.3 is 14.2 Å². The van der Waals surface area contributed by atoms with Crippen molar-refractivity contribution in [2.45, 2.75) is 213 Å². The number of rotatable bonds is 34. The van der Waals surface area contributed by atoms with Gasteiger partial charge in [0.15, 0.2) is 6.10 Å². The minimum atomic E-state index is -0.754. The number of carbonyl (C=O) groups is 3. The van der Waals surface area contributed by atoms with Crippen molar-refractivity contribution in [2.24, 2.45) is 0 Å². The van der Waals surface area contributed by atoms with Crippen LogP contribution in [0.4, 0.5) is 0 Å². The lowest BCUT2D eigenvalue weighted by Gasteiger charge is -2.18. The number of hydrogen-bond donors (Lipinski definition) is 0. The molecule has 0 aliphatic rings. The highest BCUT2D eigenvalue weighted by Crippen LogP contribution is 2.14. The van der Waals surface area contributed by atoms with E-state index in [-0.39, 0.29) is 31.1 Å². The molecule has 0 aromatic rings. The number of unbranched alkanes of at least 4 members (excludes halogenated alkanes) is 23. The molecule has 6 nitrogen and oxygen atoms in total. The van der Waals surface area contributed by atoms with E-state index in [1.807, 2.05) is 0 Å². The molecule has 0 aromatic heterocycles. The van der Waals surface area contributed by atoms with Crippen LogP contribution in [-0.2, 0) is 28.6 Å². The summed E-state index contributed by atoms with van der Waals surface area (Å²) >= 11 is 0. The van der Waals surface area contributed by atoms with Crippen molar-refractivity contribution < 1.29 is 28.6 Å². The summed E-state index contributed by atoms with van der Waals surface area (Å²) < 4.78 is 16.5. The van der Waals surface area contributed by atoms with Gasteiger partial charge in [0.2, 0.25) is 0 Å². The highest BCUT2D eigenvalue weighted by molar-refractivity contribution is 5.71. The second kappa shape index (κ2) is 34.3. The monoisotopic (exact) mass is 625 g/mol. The molecule has 0 saturated heterocycles. The van der Waals surface area contributed by atoms with Gasteiger partial charge in [-0.05, 0) is 19.3 Å². The zero-order chi connectivity index (χ0) is 32.4. The molecular weight excluding hydrogens is 552 g/mol. The van der Waals surface area contributed by atoms with E-state index < -0.39 is 6.10 Å². The second-order valence-electron chi connectivity index (χ2n) is 12.9. The molecule has 0 heterocycles. The van der Waals surface area contributed by atoms with Crippen molar-refractivity contribution >= 4 is 17.9 Å². The lowest BCUT2D eigenvalue weighted by molar-refractivity contribution is -0.167. The molecule has 0 unspecified atom stereocenters. The topological polar surface area (TPSA) is 78.9 Å². The highest BCUT2D eigenvalue weighted by atomic mass is 16.6. The molecule has 0 aromatic carbocycles. The molecule has 260 valence electrons. The van der Waals surface area contributed by atoms with Gasteiger partial charge in [-0.25, -0.2) is 0 Å². The summed E-state index contributed by atoms with van der Waals surface area (Å²) in [5.74, 6) is -0.880. The molecule has 0 spiro atoms. The SMILES string of the molecule is CCCCCCCCCCCCCC(=O)O[C@H](COC(=O)CCCCCCC)COC(=O)CCCCCCCCCCCC. The molecule has 6 heteroatoms. The van der Waals surface area contributed by atoms with E-state index in [1.165, 1.54) is 103 Å². The maximum atomic E-state index is 12.5. The molecule has 0 fully saturated rings. The van der Waals surface area contributed by atoms with Crippen LogP contribution >= 0.6 is 0 Å². The summed E-state index contributed by atoms with van der Waals surface area (Å²) in [5, 5.41) is 0. The molecule has 0 aliphatic carbocycles. The third-order valence-electron chi connectivity index (χ3n) is 8.36. The van der Waals surface area contributed by atoms with E-state index in [0.29, 0.717) is 19.3 Å². The maximum absolute atomic E-state index is 12.5. The molecule has 0 amide bonds. The van der Waals surface area contributed by atoms with Gasteiger partial charge in [-0.2, -0.15) is 0 Å². The van der Waals surface area contributed by atoms with Crippen LogP contribution in [0.15, 0.2) is 0 Å². The average Bonchev–Trinajstić information content (AvgIpc) is 3.02. The fourth-order valence-corrected chi connectivity index (χ4v) is 5.44. The molecule has 0 aliphatic heterocycles. The van der Waals surface area contributed by atoms with Gasteiger partial charge in [-0.15, -0.1) is 0 Å². The van der Waals surface area contributed by atoms with Crippen LogP contribution in [0.25, 0.3) is 0 Å². The van der Waals surface area contributed by atoms with E-state index in [1.54, 1.807) is 0 Å². The van der Waals surface area contributed by atoms with Crippen LogP contribution in [0.1, 0.15) is 207 Å². The number of ether oxygens (including phenoxy) is 3. The zero-order valence-corrected chi connectivity index (χ0v) is 29.4. The predicted octanol–water partition coefficient (Wildman–Crippen LogP) is 11.4. The lowest BCUT2D eigenvalue weighted by atomic mass is 10.1. The predicted molar refractivity (Wildman–Crippen MR) is 183 cm³/mol. The smallest absolute Gasteiger partial charge is 0.306 e. The van der Waals surface area contributed by atoms with Crippen LogP contribution in [0.2, 0.25) is 0 Å². The minimum absolute atomic E-state index is 0.0651. The van der Waals surface area contributed by atoms with Gasteiger partial charge in [0.25, 0.3) is 0 Å². The van der Waals surface area contributed by atoms with Crippen LogP contribution in [0.3, 0.4) is 0 Å². The molecule has 1 atom stereocenters. The fourth-order valence-electron chi connectivity index (χ4n) is 5.44. The minimum Gasteiger partial charge on any atom is -0.462 e. The molecule has 0 saturated carbocycles. The van der Waals surface area contributed by atoms with Gasteiger partial charge in [0, 0.05) is 19.3 Å². The Morgan fingerprint density at radius 1 is 0.364 bits per heavy atom. The summed E-state index contributed by atoms with van der Waals surface area (Å²) in [5.41, 5.74) is 0. The number of esters is 3. The largest absolute Gasteiger partial charge is 0.462 e. The standard InChI is InChI=1S/C38H72O6/c1-4-7-10-13-15-17-19-21-23-26-29-32-38(41)44-35(33-42-36(39)30-27-24-12-9-6-3)34-43-37(40)31-28-25-22-20-18-16-14-11-8-5-2/h35H,4-34H2,1-3H3/t35-/m1/s1. The van der Waals surface area contributed by atoms with Crippen molar-refractivity contribution in [3.63, 3.8) is 0 Å². The van der Waals surface area contributed by atoms with Crippen molar-refractivity contribution in [3.8, 4) is 0 Å². The fraction of sp³-hybridized carbons (Fsp3) is 0.921. The van der Waals surface area contributed by atoms with E-state index in [4.69, 9.17) is 14.2 Å². The third-order valence-corrected chi connectivity index (χ3v) is 8.36. The Morgan fingerprint density at radius 2 is 0.614 bits per heavy atom. The van der Waals surface area contributed by atoms with E-state index >= 15 is 0 Å². The Balaban J connectivity index is 4.28. The summed E-state index contributed by atoms with van der Waals surface area (Å²) in [6.07, 6.45) is 31.1. The highest BCUT2D eigenvalue weighted by Gasteiger charge is 2.19. The van der Waals surface area contributed by atoms with Crippen LogP contribution < -0.4 is 0 Å². The second-order valence-corrected chi connectivity index (χ2v) is 12.9. The lowest BCUT2D eigenvalue weighted by Crippen LogP contribution is -2.30. The first-order chi connectivity index (χ1) is 21.5. The van der Waals surface area contributed by atoms with Gasteiger partial charge in [0.1, 0.15) is 13.2 Å². The van der Waals surface area contributed by atoms with Gasteiger partial charge in [0.05, 0.1) is 0 Å². The van der Waals surface area contributed by atoms with Gasteiger partial charge in [-0.3, -0.25) is 14.4 Å². The normalized spacial score (nSPS) is 11.8. The third kappa shape index (κ3) is 31.8. The Morgan fingerprint density at radius 3 is 0.909 bits per heavy atom. The van der Waals surface area contributed by atoms with Gasteiger partial charge in [-0.1, -0.05) is 168 Å². The summed E-state index contributed by atoms with van der Waals surface area (Å²) in [6, 6.07) is 0. The Labute approximate surface area is 272 Å². The Hall–Kier alpha value is -1.59. The first-order valence-corrected chi connectivity index (χ1v) is 19.0. The van der Waals surface area contributed by atoms with Crippen molar-refractivity contribution in [3.05, 3.63) is 0 Å². The average molecular weight is 625 g/mol. The Kier molecular flexibility index (Phi) is 33.0. The van der Waals surface area contributed by atoms with Crippen LogP contribution in [0.5, 0.6) is 0 Å². The van der Waals surface area contributed by atoms with Crippen molar-refractivity contribution in [1.82, 2.24) is 0 Å². The first-order valence-electron chi connectivity index (χ1n) is 19.0.